The van der Waals surface area contributed by atoms with Crippen LogP contribution >= 0.6 is 11.3 Å². The van der Waals surface area contributed by atoms with E-state index in [0.717, 1.165) is 34.2 Å². The van der Waals surface area contributed by atoms with Gasteiger partial charge in [-0.25, -0.2) is 0 Å². The number of hydrogen-bond acceptors (Lipinski definition) is 3. The van der Waals surface area contributed by atoms with Crippen LogP contribution in [0.4, 0.5) is 0 Å². The molecule has 1 amide bonds. The third-order valence-corrected chi connectivity index (χ3v) is 4.29. The first kappa shape index (κ1) is 14.0. The molecule has 0 bridgehead atoms. The number of carbonyl (C=O) groups is 1. The third-order valence-electron chi connectivity index (χ3n) is 3.18. The molecule has 0 spiro atoms. The van der Waals surface area contributed by atoms with Gasteiger partial charge in [0.15, 0.2) is 0 Å². The maximum absolute atomic E-state index is 12.2. The van der Waals surface area contributed by atoms with Gasteiger partial charge in [0.1, 0.15) is 0 Å². The van der Waals surface area contributed by atoms with Crippen LogP contribution in [-0.2, 0) is 0 Å². The van der Waals surface area contributed by atoms with Crippen molar-refractivity contribution >= 4 is 27.3 Å². The minimum Gasteiger partial charge on any atom is -0.347 e. The fourth-order valence-electron chi connectivity index (χ4n) is 2.05. The number of nitrogens with one attached hydrogen (secondary N) is 1. The number of amides is 1. The number of carbonyl (C=O) groups excluding carboxylic acids is 1. The van der Waals surface area contributed by atoms with Crippen molar-refractivity contribution in [3.05, 3.63) is 35.2 Å². The molecule has 0 radical (unpaired) electrons. The van der Waals surface area contributed by atoms with Gasteiger partial charge in [0, 0.05) is 17.3 Å². The molecule has 4 heteroatoms. The van der Waals surface area contributed by atoms with Gasteiger partial charge in [0.25, 0.3) is 5.91 Å². The fourth-order valence-corrected chi connectivity index (χ4v) is 3.02. The standard InChI is InChI=1S/C15H20N2OS/c1-2-3-7-12(10-16)17-15(18)14-9-11-6-4-5-8-13(11)19-14/h4-6,8-9,12H,2-3,7,10,16H2,1H3,(H,17,18). The predicted octanol–water partition coefficient (Wildman–Crippen LogP) is 3.15. The van der Waals surface area contributed by atoms with Crippen molar-refractivity contribution in [1.29, 1.82) is 0 Å². The largest absolute Gasteiger partial charge is 0.347 e. The molecule has 1 aromatic carbocycles. The Kier molecular flexibility index (Phi) is 4.93. The smallest absolute Gasteiger partial charge is 0.261 e. The summed E-state index contributed by atoms with van der Waals surface area (Å²) in [5.41, 5.74) is 5.70. The molecule has 0 fully saturated rings. The summed E-state index contributed by atoms with van der Waals surface area (Å²) in [6, 6.07) is 10.1. The lowest BCUT2D eigenvalue weighted by Crippen LogP contribution is -2.39. The molecule has 2 rings (SSSR count). The molecule has 1 atom stereocenters. The second kappa shape index (κ2) is 6.68. The van der Waals surface area contributed by atoms with E-state index in [4.69, 9.17) is 5.73 Å². The Morgan fingerprint density at radius 1 is 1.42 bits per heavy atom. The van der Waals surface area contributed by atoms with Crippen LogP contribution < -0.4 is 11.1 Å². The average Bonchev–Trinajstić information content (AvgIpc) is 2.87. The molecule has 0 aliphatic heterocycles. The molecule has 0 aliphatic rings. The Morgan fingerprint density at radius 3 is 2.89 bits per heavy atom. The number of fused-ring (bicyclic) bond motifs is 1. The summed E-state index contributed by atoms with van der Waals surface area (Å²) >= 11 is 1.53. The van der Waals surface area contributed by atoms with E-state index in [1.807, 2.05) is 30.3 Å². The van der Waals surface area contributed by atoms with Crippen molar-refractivity contribution in [2.45, 2.75) is 32.2 Å². The van der Waals surface area contributed by atoms with Gasteiger partial charge >= 0.3 is 0 Å². The molecule has 3 nitrogen and oxygen atoms in total. The lowest BCUT2D eigenvalue weighted by atomic mass is 10.1. The fraction of sp³-hybridized carbons (Fsp3) is 0.400. The van der Waals surface area contributed by atoms with E-state index in [9.17, 15) is 4.79 Å². The maximum atomic E-state index is 12.2. The SMILES string of the molecule is CCCCC(CN)NC(=O)c1cc2ccccc2s1. The number of thiophene rings is 1. The van der Waals surface area contributed by atoms with Gasteiger partial charge in [-0.15, -0.1) is 11.3 Å². The number of benzene rings is 1. The topological polar surface area (TPSA) is 55.1 Å². The second-order valence-corrected chi connectivity index (χ2v) is 5.78. The average molecular weight is 276 g/mol. The highest BCUT2D eigenvalue weighted by Crippen LogP contribution is 2.25. The summed E-state index contributed by atoms with van der Waals surface area (Å²) < 4.78 is 1.14. The third kappa shape index (κ3) is 3.55. The van der Waals surface area contributed by atoms with E-state index >= 15 is 0 Å². The molecule has 0 saturated carbocycles. The number of hydrogen-bond donors (Lipinski definition) is 2. The van der Waals surface area contributed by atoms with Crippen LogP contribution in [0.15, 0.2) is 30.3 Å². The zero-order chi connectivity index (χ0) is 13.7. The number of nitrogens with two attached hydrogens (primary N) is 1. The first-order valence-electron chi connectivity index (χ1n) is 6.74. The Bertz CT molecular complexity index is 517. The van der Waals surface area contributed by atoms with Crippen LogP contribution in [0.2, 0.25) is 0 Å². The van der Waals surface area contributed by atoms with Gasteiger partial charge in [-0.3, -0.25) is 4.79 Å². The molecule has 1 heterocycles. The van der Waals surface area contributed by atoms with Crippen molar-refractivity contribution in [1.82, 2.24) is 5.32 Å². The maximum Gasteiger partial charge on any atom is 0.261 e. The number of unbranched alkanes of at least 4 members (excludes halogenated alkanes) is 1. The molecule has 1 unspecified atom stereocenters. The van der Waals surface area contributed by atoms with E-state index in [0.29, 0.717) is 6.54 Å². The van der Waals surface area contributed by atoms with Crippen molar-refractivity contribution in [3.63, 3.8) is 0 Å². The normalized spacial score (nSPS) is 12.5. The van der Waals surface area contributed by atoms with E-state index < -0.39 is 0 Å². The van der Waals surface area contributed by atoms with Gasteiger partial charge in [-0.2, -0.15) is 0 Å². The Morgan fingerprint density at radius 2 is 2.21 bits per heavy atom. The molecule has 1 aromatic heterocycles. The van der Waals surface area contributed by atoms with Gasteiger partial charge in [0.05, 0.1) is 4.88 Å². The van der Waals surface area contributed by atoms with Crippen LogP contribution in [0.25, 0.3) is 10.1 Å². The Hall–Kier alpha value is -1.39. The Balaban J connectivity index is 2.06. The zero-order valence-corrected chi connectivity index (χ0v) is 12.0. The molecule has 0 saturated heterocycles. The molecule has 3 N–H and O–H groups in total. The van der Waals surface area contributed by atoms with Crippen LogP contribution in [0.1, 0.15) is 35.9 Å². The van der Waals surface area contributed by atoms with E-state index in [-0.39, 0.29) is 11.9 Å². The van der Waals surface area contributed by atoms with Gasteiger partial charge in [-0.1, -0.05) is 38.0 Å². The van der Waals surface area contributed by atoms with Gasteiger partial charge in [0.2, 0.25) is 0 Å². The van der Waals surface area contributed by atoms with E-state index in [2.05, 4.69) is 12.2 Å². The molecule has 102 valence electrons. The summed E-state index contributed by atoms with van der Waals surface area (Å²) in [6.45, 7) is 2.64. The van der Waals surface area contributed by atoms with Crippen molar-refractivity contribution in [2.24, 2.45) is 5.73 Å². The summed E-state index contributed by atoms with van der Waals surface area (Å²) in [7, 11) is 0. The monoisotopic (exact) mass is 276 g/mol. The molecular formula is C15H20N2OS. The second-order valence-electron chi connectivity index (χ2n) is 4.70. The lowest BCUT2D eigenvalue weighted by Gasteiger charge is -2.15. The first-order valence-corrected chi connectivity index (χ1v) is 7.55. The highest BCUT2D eigenvalue weighted by atomic mass is 32.1. The van der Waals surface area contributed by atoms with Crippen molar-refractivity contribution < 1.29 is 4.79 Å². The minimum atomic E-state index is -0.00671. The van der Waals surface area contributed by atoms with Gasteiger partial charge in [-0.05, 0) is 23.9 Å². The first-order chi connectivity index (χ1) is 9.24. The molecule has 19 heavy (non-hydrogen) atoms. The van der Waals surface area contributed by atoms with Crippen LogP contribution in [0, 0.1) is 0 Å². The zero-order valence-electron chi connectivity index (χ0n) is 11.2. The number of rotatable bonds is 6. The quantitative estimate of drug-likeness (QED) is 0.851. The van der Waals surface area contributed by atoms with Gasteiger partial charge < -0.3 is 11.1 Å². The predicted molar refractivity (Wildman–Crippen MR) is 81.7 cm³/mol. The van der Waals surface area contributed by atoms with Crippen molar-refractivity contribution in [2.75, 3.05) is 6.54 Å². The van der Waals surface area contributed by atoms with Crippen LogP contribution in [0.3, 0.4) is 0 Å². The van der Waals surface area contributed by atoms with Crippen molar-refractivity contribution in [3.8, 4) is 0 Å². The summed E-state index contributed by atoms with van der Waals surface area (Å²) in [6.07, 6.45) is 3.16. The highest BCUT2D eigenvalue weighted by molar-refractivity contribution is 7.20. The summed E-state index contributed by atoms with van der Waals surface area (Å²) in [4.78, 5) is 13.0. The van der Waals surface area contributed by atoms with E-state index in [1.54, 1.807) is 0 Å². The summed E-state index contributed by atoms with van der Waals surface area (Å²) in [5, 5.41) is 4.15. The minimum absolute atomic E-state index is 0.00671. The lowest BCUT2D eigenvalue weighted by molar-refractivity contribution is 0.0940. The summed E-state index contributed by atoms with van der Waals surface area (Å²) in [5.74, 6) is -0.00671. The van der Waals surface area contributed by atoms with Crippen LogP contribution in [0.5, 0.6) is 0 Å². The Labute approximate surface area is 117 Å². The molecule has 2 aromatic rings. The van der Waals surface area contributed by atoms with Crippen LogP contribution in [-0.4, -0.2) is 18.5 Å². The highest BCUT2D eigenvalue weighted by Gasteiger charge is 2.14. The van der Waals surface area contributed by atoms with E-state index in [1.165, 1.54) is 11.3 Å². The molecular weight excluding hydrogens is 256 g/mol. The molecule has 0 aliphatic carbocycles.